The zero-order valence-corrected chi connectivity index (χ0v) is 13.1. The molecule has 2 fully saturated rings. The molecule has 1 aromatic heterocycles. The van der Waals surface area contributed by atoms with Crippen LogP contribution in [0.3, 0.4) is 0 Å². The van der Waals surface area contributed by atoms with Gasteiger partial charge >= 0.3 is 0 Å². The Bertz CT molecular complexity index is 449. The summed E-state index contributed by atoms with van der Waals surface area (Å²) in [6.07, 6.45) is 8.83. The van der Waals surface area contributed by atoms with Crippen molar-refractivity contribution < 1.29 is 0 Å². The standard InChI is InChI=1S/C15H22BrN3/c1-17-9-12-8-13(16)10-18-15(12)19-7-3-5-11-4-2-6-14(11)19/h8,10-11,14,17H,2-7,9H2,1H3. The van der Waals surface area contributed by atoms with Crippen molar-refractivity contribution in [2.45, 2.75) is 44.7 Å². The van der Waals surface area contributed by atoms with Crippen LogP contribution in [-0.4, -0.2) is 24.6 Å². The molecule has 3 nitrogen and oxygen atoms in total. The minimum Gasteiger partial charge on any atom is -0.353 e. The maximum absolute atomic E-state index is 4.72. The molecule has 0 radical (unpaired) electrons. The Hall–Kier alpha value is -0.610. The highest BCUT2D eigenvalue weighted by atomic mass is 79.9. The van der Waals surface area contributed by atoms with Gasteiger partial charge in [0.25, 0.3) is 0 Å². The molecular formula is C15H22BrN3. The molecule has 1 aliphatic heterocycles. The number of aromatic nitrogens is 1. The van der Waals surface area contributed by atoms with Crippen molar-refractivity contribution in [1.82, 2.24) is 10.3 Å². The number of hydrogen-bond acceptors (Lipinski definition) is 3. The lowest BCUT2D eigenvalue weighted by Gasteiger charge is -2.39. The van der Waals surface area contributed by atoms with Crippen LogP contribution in [0.15, 0.2) is 16.7 Å². The van der Waals surface area contributed by atoms with Crippen molar-refractivity contribution in [3.8, 4) is 0 Å². The highest BCUT2D eigenvalue weighted by Crippen LogP contribution is 2.39. The molecule has 1 aliphatic carbocycles. The molecule has 0 bridgehead atoms. The van der Waals surface area contributed by atoms with Crippen LogP contribution in [0.1, 0.15) is 37.7 Å². The maximum atomic E-state index is 4.72. The molecule has 2 aliphatic rings. The number of rotatable bonds is 3. The van der Waals surface area contributed by atoms with Crippen molar-refractivity contribution in [2.24, 2.45) is 5.92 Å². The monoisotopic (exact) mass is 323 g/mol. The molecule has 4 heteroatoms. The molecule has 2 unspecified atom stereocenters. The number of nitrogens with zero attached hydrogens (tertiary/aromatic N) is 2. The van der Waals surface area contributed by atoms with Crippen molar-refractivity contribution in [2.75, 3.05) is 18.5 Å². The lowest BCUT2D eigenvalue weighted by Crippen LogP contribution is -2.43. The van der Waals surface area contributed by atoms with Crippen LogP contribution in [0.25, 0.3) is 0 Å². The van der Waals surface area contributed by atoms with E-state index in [0.717, 1.165) is 23.0 Å². The van der Waals surface area contributed by atoms with E-state index in [4.69, 9.17) is 4.98 Å². The normalized spacial score (nSPS) is 26.5. The summed E-state index contributed by atoms with van der Waals surface area (Å²) in [5.41, 5.74) is 1.31. The second-order valence-corrected chi connectivity index (χ2v) is 6.68. The van der Waals surface area contributed by atoms with Crippen molar-refractivity contribution in [3.63, 3.8) is 0 Å². The Balaban J connectivity index is 1.91. The smallest absolute Gasteiger partial charge is 0.133 e. The SMILES string of the molecule is CNCc1cc(Br)cnc1N1CCCC2CCCC21. The predicted molar refractivity (Wildman–Crippen MR) is 82.4 cm³/mol. The summed E-state index contributed by atoms with van der Waals surface area (Å²) < 4.78 is 1.07. The molecule has 1 saturated heterocycles. The number of pyridine rings is 1. The molecule has 1 N–H and O–H groups in total. The molecule has 19 heavy (non-hydrogen) atoms. The molecular weight excluding hydrogens is 302 g/mol. The van der Waals surface area contributed by atoms with Crippen molar-refractivity contribution in [3.05, 3.63) is 22.3 Å². The highest BCUT2D eigenvalue weighted by molar-refractivity contribution is 9.10. The van der Waals surface area contributed by atoms with Crippen LogP contribution < -0.4 is 10.2 Å². The molecule has 1 saturated carbocycles. The van der Waals surface area contributed by atoms with E-state index in [9.17, 15) is 0 Å². The van der Waals surface area contributed by atoms with Gasteiger partial charge in [0.1, 0.15) is 5.82 Å². The first kappa shape index (κ1) is 13.4. The third-order valence-electron chi connectivity index (χ3n) is 4.54. The van der Waals surface area contributed by atoms with Crippen LogP contribution in [-0.2, 0) is 6.54 Å². The first-order valence-electron chi connectivity index (χ1n) is 7.35. The lowest BCUT2D eigenvalue weighted by atomic mass is 9.91. The summed E-state index contributed by atoms with van der Waals surface area (Å²) in [5, 5.41) is 3.26. The van der Waals surface area contributed by atoms with Crippen LogP contribution in [0.2, 0.25) is 0 Å². The summed E-state index contributed by atoms with van der Waals surface area (Å²) in [5.74, 6) is 2.11. The fourth-order valence-electron chi connectivity index (χ4n) is 3.77. The van der Waals surface area contributed by atoms with Crippen molar-refractivity contribution >= 4 is 21.7 Å². The molecule has 3 rings (SSSR count). The van der Waals surface area contributed by atoms with Gasteiger partial charge in [-0.25, -0.2) is 4.98 Å². The van der Waals surface area contributed by atoms with Crippen LogP contribution >= 0.6 is 15.9 Å². The van der Waals surface area contributed by atoms with E-state index in [2.05, 4.69) is 32.2 Å². The van der Waals surface area contributed by atoms with Crippen LogP contribution in [0.5, 0.6) is 0 Å². The third-order valence-corrected chi connectivity index (χ3v) is 4.98. The van der Waals surface area contributed by atoms with E-state index in [1.54, 1.807) is 0 Å². The Morgan fingerprint density at radius 3 is 3.05 bits per heavy atom. The first-order valence-corrected chi connectivity index (χ1v) is 8.14. The van der Waals surface area contributed by atoms with Crippen molar-refractivity contribution in [1.29, 1.82) is 0 Å². The summed E-state index contributed by atoms with van der Waals surface area (Å²) in [6, 6.07) is 2.94. The van der Waals surface area contributed by atoms with Gasteiger partial charge in [-0.15, -0.1) is 0 Å². The molecule has 0 aromatic carbocycles. The number of anilines is 1. The zero-order valence-electron chi connectivity index (χ0n) is 11.5. The Labute approximate surface area is 123 Å². The number of halogens is 1. The Morgan fingerprint density at radius 2 is 2.21 bits per heavy atom. The number of nitrogens with one attached hydrogen (secondary N) is 1. The molecule has 0 spiro atoms. The second-order valence-electron chi connectivity index (χ2n) is 5.76. The van der Waals surface area contributed by atoms with E-state index in [0.29, 0.717) is 0 Å². The summed E-state index contributed by atoms with van der Waals surface area (Å²) in [4.78, 5) is 7.30. The maximum Gasteiger partial charge on any atom is 0.133 e. The minimum atomic E-state index is 0.734. The Kier molecular flexibility index (Phi) is 4.08. The number of fused-ring (bicyclic) bond motifs is 1. The molecule has 2 heterocycles. The lowest BCUT2D eigenvalue weighted by molar-refractivity contribution is 0.360. The summed E-state index contributed by atoms with van der Waals surface area (Å²) >= 11 is 3.54. The van der Waals surface area contributed by atoms with Crippen LogP contribution in [0.4, 0.5) is 5.82 Å². The van der Waals surface area contributed by atoms with Gasteiger partial charge in [0, 0.05) is 35.4 Å². The van der Waals surface area contributed by atoms with E-state index in [1.165, 1.54) is 50.0 Å². The van der Waals surface area contributed by atoms with Gasteiger partial charge in [-0.1, -0.05) is 6.42 Å². The van der Waals surface area contributed by atoms with E-state index >= 15 is 0 Å². The van der Waals surface area contributed by atoms with E-state index in [-0.39, 0.29) is 0 Å². The van der Waals surface area contributed by atoms with E-state index in [1.807, 2.05) is 13.2 Å². The molecule has 2 atom stereocenters. The van der Waals surface area contributed by atoms with E-state index < -0.39 is 0 Å². The quantitative estimate of drug-likeness (QED) is 0.924. The predicted octanol–water partition coefficient (Wildman–Crippen LogP) is 3.33. The van der Waals surface area contributed by atoms with Gasteiger partial charge < -0.3 is 10.2 Å². The Morgan fingerprint density at radius 1 is 1.37 bits per heavy atom. The number of piperidine rings is 1. The average Bonchev–Trinajstić information content (AvgIpc) is 2.88. The fraction of sp³-hybridized carbons (Fsp3) is 0.667. The van der Waals surface area contributed by atoms with Crippen LogP contribution in [0, 0.1) is 5.92 Å². The fourth-order valence-corrected chi connectivity index (χ4v) is 4.15. The van der Waals surface area contributed by atoms with Gasteiger partial charge in [0.05, 0.1) is 0 Å². The van der Waals surface area contributed by atoms with Gasteiger partial charge in [0.2, 0.25) is 0 Å². The topological polar surface area (TPSA) is 28.2 Å². The second kappa shape index (κ2) is 5.80. The van der Waals surface area contributed by atoms with Gasteiger partial charge in [-0.3, -0.25) is 0 Å². The minimum absolute atomic E-state index is 0.734. The molecule has 0 amide bonds. The van der Waals surface area contributed by atoms with Gasteiger partial charge in [-0.2, -0.15) is 0 Å². The zero-order chi connectivity index (χ0) is 13.2. The molecule has 1 aromatic rings. The highest BCUT2D eigenvalue weighted by Gasteiger charge is 2.36. The van der Waals surface area contributed by atoms with Gasteiger partial charge in [-0.05, 0) is 60.6 Å². The summed E-state index contributed by atoms with van der Waals surface area (Å²) in [7, 11) is 2.00. The van der Waals surface area contributed by atoms with Gasteiger partial charge in [0.15, 0.2) is 0 Å². The molecule has 104 valence electrons. The average molecular weight is 324 g/mol. The summed E-state index contributed by atoms with van der Waals surface area (Å²) in [6.45, 7) is 2.06. The largest absolute Gasteiger partial charge is 0.353 e. The number of hydrogen-bond donors (Lipinski definition) is 1. The third kappa shape index (κ3) is 2.65. The first-order chi connectivity index (χ1) is 9.29.